The van der Waals surface area contributed by atoms with Gasteiger partial charge in [-0.2, -0.15) is 4.31 Å². The first-order chi connectivity index (χ1) is 18.6. The SMILES string of the molecule is CNC(C)C(=O)NC(C(=O)N1CCC2C1C(C(=O)Nc1cc(C)nc3ccccc13)CN2S(C)(=O)=O)C(C)(C)C. The van der Waals surface area contributed by atoms with Crippen molar-refractivity contribution in [3.63, 3.8) is 0 Å². The maximum absolute atomic E-state index is 14.1. The first-order valence-corrected chi connectivity index (χ1v) is 15.4. The Morgan fingerprint density at radius 1 is 1.15 bits per heavy atom. The number of hydrogen-bond donors (Lipinski definition) is 3. The number of likely N-dealkylation sites (tertiary alicyclic amines) is 1. The minimum Gasteiger partial charge on any atom is -0.342 e. The van der Waals surface area contributed by atoms with Crippen molar-refractivity contribution in [2.24, 2.45) is 11.3 Å². The van der Waals surface area contributed by atoms with Gasteiger partial charge in [0.2, 0.25) is 27.7 Å². The van der Waals surface area contributed by atoms with Crippen LogP contribution >= 0.6 is 0 Å². The summed E-state index contributed by atoms with van der Waals surface area (Å²) < 4.78 is 26.9. The molecule has 5 atom stereocenters. The number of pyridine rings is 1. The number of nitrogens with one attached hydrogen (secondary N) is 3. The first-order valence-electron chi connectivity index (χ1n) is 13.6. The third kappa shape index (κ3) is 5.84. The fourth-order valence-electron chi connectivity index (χ4n) is 5.76. The molecule has 2 aliphatic heterocycles. The smallest absolute Gasteiger partial charge is 0.246 e. The number of aromatic nitrogens is 1. The highest BCUT2D eigenvalue weighted by molar-refractivity contribution is 7.88. The lowest BCUT2D eigenvalue weighted by molar-refractivity contribution is -0.141. The molecular weight excluding hydrogens is 532 g/mol. The second-order valence-corrected chi connectivity index (χ2v) is 13.9. The van der Waals surface area contributed by atoms with Crippen LogP contribution in [0.2, 0.25) is 0 Å². The van der Waals surface area contributed by atoms with Gasteiger partial charge in [0, 0.05) is 30.2 Å². The first kappa shape index (κ1) is 29.9. The third-order valence-corrected chi connectivity index (χ3v) is 9.22. The number of carbonyl (C=O) groups excluding carboxylic acids is 3. The monoisotopic (exact) mass is 572 g/mol. The zero-order valence-corrected chi connectivity index (χ0v) is 25.0. The summed E-state index contributed by atoms with van der Waals surface area (Å²) in [5.74, 6) is -1.80. The third-order valence-electron chi connectivity index (χ3n) is 7.95. The normalized spacial score (nSPS) is 23.1. The van der Waals surface area contributed by atoms with Gasteiger partial charge in [0.1, 0.15) is 6.04 Å². The lowest BCUT2D eigenvalue weighted by atomic mass is 9.85. The van der Waals surface area contributed by atoms with Crippen LogP contribution in [0.4, 0.5) is 5.69 Å². The minimum absolute atomic E-state index is 0.0326. The van der Waals surface area contributed by atoms with Gasteiger partial charge in [-0.05, 0) is 44.9 Å². The van der Waals surface area contributed by atoms with Crippen molar-refractivity contribution in [3.8, 4) is 0 Å². The predicted molar refractivity (Wildman–Crippen MR) is 154 cm³/mol. The highest BCUT2D eigenvalue weighted by atomic mass is 32.2. The van der Waals surface area contributed by atoms with E-state index in [2.05, 4.69) is 20.9 Å². The number of fused-ring (bicyclic) bond motifs is 2. The van der Waals surface area contributed by atoms with E-state index in [-0.39, 0.29) is 30.8 Å². The van der Waals surface area contributed by atoms with Crippen LogP contribution in [0.1, 0.15) is 39.8 Å². The van der Waals surface area contributed by atoms with Crippen molar-refractivity contribution in [1.29, 1.82) is 0 Å². The molecule has 0 spiro atoms. The number of para-hydroxylation sites is 1. The molecule has 0 saturated carbocycles. The Labute approximate surface area is 236 Å². The Hall–Kier alpha value is -3.09. The lowest BCUT2D eigenvalue weighted by Crippen LogP contribution is -2.59. The number of carbonyl (C=O) groups is 3. The second kappa shape index (κ2) is 11.1. The van der Waals surface area contributed by atoms with E-state index in [0.717, 1.165) is 22.9 Å². The number of hydrogen-bond acceptors (Lipinski definition) is 7. The quantitative estimate of drug-likeness (QED) is 0.457. The Morgan fingerprint density at radius 2 is 1.82 bits per heavy atom. The Morgan fingerprint density at radius 3 is 2.45 bits per heavy atom. The topological polar surface area (TPSA) is 141 Å². The van der Waals surface area contributed by atoms with E-state index in [1.54, 1.807) is 24.9 Å². The van der Waals surface area contributed by atoms with Crippen LogP contribution in [0.25, 0.3) is 10.9 Å². The number of anilines is 1. The summed E-state index contributed by atoms with van der Waals surface area (Å²) in [5.41, 5.74) is 1.42. The molecule has 2 fully saturated rings. The maximum Gasteiger partial charge on any atom is 0.246 e. The fourth-order valence-corrected chi connectivity index (χ4v) is 6.92. The molecule has 1 aromatic heterocycles. The molecule has 218 valence electrons. The standard InChI is InChI=1S/C28H40N6O5S/c1-16-14-21(18-10-8-9-11-20(18)30-16)31-26(36)19-15-34(40(7,38)39)22-12-13-33(23(19)22)27(37)24(28(3,4)5)32-25(35)17(2)29-6/h8-11,14,17,19,22-24,29H,12-13,15H2,1-7H3,(H,32,35)(H,30,31,36). The van der Waals surface area contributed by atoms with E-state index in [1.165, 1.54) is 4.31 Å². The number of rotatable bonds is 7. The molecule has 12 heteroatoms. The number of likely N-dealkylation sites (N-methyl/N-ethyl adjacent to an activating group) is 1. The van der Waals surface area contributed by atoms with Gasteiger partial charge in [-0.15, -0.1) is 0 Å². The molecule has 4 rings (SSSR count). The molecular formula is C28H40N6O5S. The molecule has 0 radical (unpaired) electrons. The van der Waals surface area contributed by atoms with Crippen molar-refractivity contribution in [1.82, 2.24) is 24.8 Å². The Kier molecular flexibility index (Phi) is 8.26. The van der Waals surface area contributed by atoms with Crippen molar-refractivity contribution < 1.29 is 22.8 Å². The number of sulfonamides is 1. The van der Waals surface area contributed by atoms with Crippen molar-refractivity contribution in [2.45, 2.75) is 65.2 Å². The van der Waals surface area contributed by atoms with Gasteiger partial charge in [0.15, 0.2) is 0 Å². The maximum atomic E-state index is 14.1. The van der Waals surface area contributed by atoms with Crippen LogP contribution in [0.5, 0.6) is 0 Å². The van der Waals surface area contributed by atoms with Crippen LogP contribution in [0, 0.1) is 18.3 Å². The van der Waals surface area contributed by atoms with Crippen LogP contribution in [0.15, 0.2) is 30.3 Å². The summed E-state index contributed by atoms with van der Waals surface area (Å²) in [6.07, 6.45) is 1.54. The van der Waals surface area contributed by atoms with Crippen molar-refractivity contribution in [2.75, 3.05) is 31.7 Å². The van der Waals surface area contributed by atoms with Gasteiger partial charge in [-0.3, -0.25) is 19.4 Å². The molecule has 11 nitrogen and oxygen atoms in total. The number of amides is 3. The minimum atomic E-state index is -3.64. The molecule has 3 N–H and O–H groups in total. The average Bonchev–Trinajstić information content (AvgIpc) is 3.46. The van der Waals surface area contributed by atoms with Crippen LogP contribution < -0.4 is 16.0 Å². The lowest BCUT2D eigenvalue weighted by Gasteiger charge is -2.37. The largest absolute Gasteiger partial charge is 0.342 e. The molecule has 0 aliphatic carbocycles. The van der Waals surface area contributed by atoms with Crippen molar-refractivity contribution >= 4 is 44.3 Å². The molecule has 5 unspecified atom stereocenters. The zero-order chi connectivity index (χ0) is 29.6. The summed E-state index contributed by atoms with van der Waals surface area (Å²) in [6.45, 7) is 9.40. The van der Waals surface area contributed by atoms with E-state index in [0.29, 0.717) is 12.1 Å². The van der Waals surface area contributed by atoms with Crippen LogP contribution in [-0.2, 0) is 24.4 Å². The highest BCUT2D eigenvalue weighted by Gasteiger charge is 2.56. The number of benzene rings is 1. The zero-order valence-electron chi connectivity index (χ0n) is 24.2. The van der Waals surface area contributed by atoms with E-state index in [1.807, 2.05) is 52.0 Å². The van der Waals surface area contributed by atoms with E-state index < -0.39 is 45.5 Å². The fraction of sp³-hybridized carbons (Fsp3) is 0.571. The number of nitrogens with zero attached hydrogens (tertiary/aromatic N) is 3. The summed E-state index contributed by atoms with van der Waals surface area (Å²) in [4.78, 5) is 46.8. The van der Waals surface area contributed by atoms with Gasteiger partial charge in [-0.1, -0.05) is 39.0 Å². The van der Waals surface area contributed by atoms with Crippen molar-refractivity contribution in [3.05, 3.63) is 36.0 Å². The van der Waals surface area contributed by atoms with E-state index in [4.69, 9.17) is 0 Å². The van der Waals surface area contributed by atoms with Gasteiger partial charge in [0.05, 0.1) is 35.5 Å². The molecule has 3 amide bonds. The summed E-state index contributed by atoms with van der Waals surface area (Å²) in [7, 11) is -1.98. The van der Waals surface area contributed by atoms with Crippen LogP contribution in [-0.4, -0.2) is 90.9 Å². The second-order valence-electron chi connectivity index (χ2n) is 12.0. The molecule has 3 heterocycles. The van der Waals surface area contributed by atoms with E-state index in [9.17, 15) is 22.8 Å². The Bertz CT molecular complexity index is 1420. The molecule has 2 aromatic rings. The molecule has 1 aromatic carbocycles. The highest BCUT2D eigenvalue weighted by Crippen LogP contribution is 2.39. The summed E-state index contributed by atoms with van der Waals surface area (Å²) >= 11 is 0. The van der Waals surface area contributed by atoms with Crippen LogP contribution in [0.3, 0.4) is 0 Å². The summed E-state index contributed by atoms with van der Waals surface area (Å²) in [6, 6.07) is 6.68. The predicted octanol–water partition coefficient (Wildman–Crippen LogP) is 1.48. The van der Waals surface area contributed by atoms with Gasteiger partial charge >= 0.3 is 0 Å². The summed E-state index contributed by atoms with van der Waals surface area (Å²) in [5, 5.41) is 9.54. The molecule has 2 aliphatic rings. The average molecular weight is 573 g/mol. The molecule has 2 saturated heterocycles. The van der Waals surface area contributed by atoms with Gasteiger partial charge < -0.3 is 20.9 Å². The van der Waals surface area contributed by atoms with E-state index >= 15 is 0 Å². The molecule has 0 bridgehead atoms. The van der Waals surface area contributed by atoms with Gasteiger partial charge in [0.25, 0.3) is 0 Å². The Balaban J connectivity index is 1.68. The number of aryl methyl sites for hydroxylation is 1. The van der Waals surface area contributed by atoms with Gasteiger partial charge in [-0.25, -0.2) is 8.42 Å². The molecule has 40 heavy (non-hydrogen) atoms.